The average Bonchev–Trinajstić information content (AvgIpc) is 2.51. The van der Waals surface area contributed by atoms with Crippen molar-refractivity contribution in [2.75, 3.05) is 5.32 Å². The Kier molecular flexibility index (Phi) is 5.34. The van der Waals surface area contributed by atoms with Crippen LogP contribution in [0.25, 0.3) is 0 Å². The summed E-state index contributed by atoms with van der Waals surface area (Å²) in [6.07, 6.45) is 0. The summed E-state index contributed by atoms with van der Waals surface area (Å²) in [5.41, 5.74) is 7.86. The van der Waals surface area contributed by atoms with Crippen molar-refractivity contribution in [1.29, 1.82) is 0 Å². The Bertz CT molecular complexity index is 733. The molecule has 2 aromatic rings. The van der Waals surface area contributed by atoms with Crippen LogP contribution in [0.15, 0.2) is 47.3 Å². The summed E-state index contributed by atoms with van der Waals surface area (Å²) >= 11 is 0. The molecule has 0 spiro atoms. The van der Waals surface area contributed by atoms with Gasteiger partial charge in [0.25, 0.3) is 5.56 Å². The van der Waals surface area contributed by atoms with E-state index in [0.29, 0.717) is 12.2 Å². The minimum Gasteiger partial charge on any atom is -0.326 e. The van der Waals surface area contributed by atoms with Crippen LogP contribution in [0, 0.1) is 12.8 Å². The van der Waals surface area contributed by atoms with Gasteiger partial charge in [-0.3, -0.25) is 9.59 Å². The van der Waals surface area contributed by atoms with Gasteiger partial charge in [0, 0.05) is 24.0 Å². The first-order chi connectivity index (χ1) is 10.9. The third kappa shape index (κ3) is 3.87. The van der Waals surface area contributed by atoms with Crippen LogP contribution < -0.4 is 16.6 Å². The van der Waals surface area contributed by atoms with Gasteiger partial charge in [0.05, 0.1) is 0 Å². The highest BCUT2D eigenvalue weighted by Gasteiger charge is 2.26. The molecule has 0 fully saturated rings. The number of nitrogens with one attached hydrogen (secondary N) is 1. The molecule has 1 aromatic carbocycles. The molecule has 122 valence electrons. The summed E-state index contributed by atoms with van der Waals surface area (Å²) in [4.78, 5) is 24.9. The molecule has 0 aliphatic carbocycles. The summed E-state index contributed by atoms with van der Waals surface area (Å²) < 4.78 is 1.55. The van der Waals surface area contributed by atoms with Crippen LogP contribution >= 0.6 is 0 Å². The number of aryl methyl sites for hydroxylation is 1. The van der Waals surface area contributed by atoms with E-state index in [1.54, 1.807) is 10.6 Å². The molecule has 0 aliphatic rings. The Morgan fingerprint density at radius 1 is 1.17 bits per heavy atom. The monoisotopic (exact) mass is 313 g/mol. The quantitative estimate of drug-likeness (QED) is 0.890. The standard InChI is InChI=1S/C18H23N3O2/c1-12(2)17(21-13(3)5-4-6-16(21)22)18(23)20-15-9-7-14(11-19)8-10-15/h4-10,12,17H,11,19H2,1-3H3,(H,20,23). The van der Waals surface area contributed by atoms with Gasteiger partial charge in [-0.2, -0.15) is 0 Å². The molecule has 23 heavy (non-hydrogen) atoms. The first-order valence-corrected chi connectivity index (χ1v) is 7.72. The van der Waals surface area contributed by atoms with Crippen molar-refractivity contribution in [3.05, 3.63) is 64.1 Å². The minimum atomic E-state index is -0.558. The minimum absolute atomic E-state index is 0.0166. The van der Waals surface area contributed by atoms with E-state index in [1.807, 2.05) is 51.1 Å². The number of nitrogens with two attached hydrogens (primary N) is 1. The molecule has 0 saturated heterocycles. The number of amides is 1. The maximum absolute atomic E-state index is 12.7. The molecule has 5 heteroatoms. The fourth-order valence-electron chi connectivity index (χ4n) is 2.62. The smallest absolute Gasteiger partial charge is 0.251 e. The maximum atomic E-state index is 12.7. The van der Waals surface area contributed by atoms with Crippen molar-refractivity contribution in [3.8, 4) is 0 Å². The van der Waals surface area contributed by atoms with E-state index >= 15 is 0 Å². The third-order valence-corrected chi connectivity index (χ3v) is 3.83. The molecule has 0 aliphatic heterocycles. The maximum Gasteiger partial charge on any atom is 0.251 e. The fraction of sp³-hybridized carbons (Fsp3) is 0.333. The van der Waals surface area contributed by atoms with Crippen LogP contribution in [0.5, 0.6) is 0 Å². The molecule has 2 rings (SSSR count). The van der Waals surface area contributed by atoms with Crippen molar-refractivity contribution in [2.45, 2.75) is 33.4 Å². The summed E-state index contributed by atoms with van der Waals surface area (Å²) in [5.74, 6) is -0.214. The highest BCUT2D eigenvalue weighted by atomic mass is 16.2. The van der Waals surface area contributed by atoms with Crippen LogP contribution in [-0.4, -0.2) is 10.5 Å². The first-order valence-electron chi connectivity index (χ1n) is 7.72. The van der Waals surface area contributed by atoms with E-state index in [1.165, 1.54) is 6.07 Å². The predicted octanol–water partition coefficient (Wildman–Crippen LogP) is 2.45. The van der Waals surface area contributed by atoms with Crippen LogP contribution in [0.4, 0.5) is 5.69 Å². The SMILES string of the molecule is Cc1cccc(=O)n1C(C(=O)Nc1ccc(CN)cc1)C(C)C. The van der Waals surface area contributed by atoms with Gasteiger partial charge in [-0.05, 0) is 36.6 Å². The molecule has 1 heterocycles. The number of rotatable bonds is 5. The molecular weight excluding hydrogens is 290 g/mol. The lowest BCUT2D eigenvalue weighted by atomic mass is 10.0. The van der Waals surface area contributed by atoms with Crippen molar-refractivity contribution in [1.82, 2.24) is 4.57 Å². The molecule has 0 radical (unpaired) electrons. The van der Waals surface area contributed by atoms with Crippen LogP contribution in [0.2, 0.25) is 0 Å². The van der Waals surface area contributed by atoms with E-state index in [0.717, 1.165) is 11.3 Å². The largest absolute Gasteiger partial charge is 0.326 e. The Hall–Kier alpha value is -2.40. The van der Waals surface area contributed by atoms with Crippen LogP contribution in [0.3, 0.4) is 0 Å². The second-order valence-electron chi connectivity index (χ2n) is 5.95. The van der Waals surface area contributed by atoms with Gasteiger partial charge < -0.3 is 15.6 Å². The fourth-order valence-corrected chi connectivity index (χ4v) is 2.62. The Balaban J connectivity index is 2.30. The number of aromatic nitrogens is 1. The molecule has 1 aromatic heterocycles. The lowest BCUT2D eigenvalue weighted by Crippen LogP contribution is -2.37. The summed E-state index contributed by atoms with van der Waals surface area (Å²) in [7, 11) is 0. The topological polar surface area (TPSA) is 77.1 Å². The summed E-state index contributed by atoms with van der Waals surface area (Å²) in [5, 5.41) is 2.89. The molecule has 1 unspecified atom stereocenters. The molecule has 5 nitrogen and oxygen atoms in total. The van der Waals surface area contributed by atoms with Gasteiger partial charge in [0.15, 0.2) is 0 Å². The van der Waals surface area contributed by atoms with Crippen LogP contribution in [0.1, 0.15) is 31.1 Å². The second kappa shape index (κ2) is 7.24. The zero-order chi connectivity index (χ0) is 17.0. The highest BCUT2D eigenvalue weighted by molar-refractivity contribution is 5.94. The summed E-state index contributed by atoms with van der Waals surface area (Å²) in [6.45, 7) is 6.16. The molecule has 0 bridgehead atoms. The number of anilines is 1. The zero-order valence-corrected chi connectivity index (χ0v) is 13.7. The van der Waals surface area contributed by atoms with E-state index in [2.05, 4.69) is 5.32 Å². The van der Waals surface area contributed by atoms with Crippen molar-refractivity contribution in [3.63, 3.8) is 0 Å². The number of carbonyl (C=O) groups is 1. The molecular formula is C18H23N3O2. The molecule has 1 atom stereocenters. The third-order valence-electron chi connectivity index (χ3n) is 3.83. The first kappa shape index (κ1) is 17.0. The van der Waals surface area contributed by atoms with Crippen molar-refractivity contribution in [2.24, 2.45) is 11.7 Å². The predicted molar refractivity (Wildman–Crippen MR) is 92.3 cm³/mol. The second-order valence-corrected chi connectivity index (χ2v) is 5.95. The highest BCUT2D eigenvalue weighted by Crippen LogP contribution is 2.20. The number of nitrogens with zero attached hydrogens (tertiary/aromatic N) is 1. The van der Waals surface area contributed by atoms with Gasteiger partial charge in [0.2, 0.25) is 5.91 Å². The van der Waals surface area contributed by atoms with Crippen molar-refractivity contribution >= 4 is 11.6 Å². The van der Waals surface area contributed by atoms with Gasteiger partial charge in [-0.15, -0.1) is 0 Å². The van der Waals surface area contributed by atoms with E-state index in [-0.39, 0.29) is 17.4 Å². The van der Waals surface area contributed by atoms with Crippen molar-refractivity contribution < 1.29 is 4.79 Å². The molecule has 1 amide bonds. The molecule has 0 saturated carbocycles. The van der Waals surface area contributed by atoms with Gasteiger partial charge in [0.1, 0.15) is 6.04 Å². The normalized spacial score (nSPS) is 12.2. The number of carbonyl (C=O) groups excluding carboxylic acids is 1. The average molecular weight is 313 g/mol. The molecule has 3 N–H and O–H groups in total. The number of pyridine rings is 1. The van der Waals surface area contributed by atoms with Gasteiger partial charge >= 0.3 is 0 Å². The lowest BCUT2D eigenvalue weighted by Gasteiger charge is -2.24. The van der Waals surface area contributed by atoms with E-state index in [9.17, 15) is 9.59 Å². The number of hydrogen-bond donors (Lipinski definition) is 2. The van der Waals surface area contributed by atoms with E-state index < -0.39 is 6.04 Å². The van der Waals surface area contributed by atoms with E-state index in [4.69, 9.17) is 5.73 Å². The van der Waals surface area contributed by atoms with Gasteiger partial charge in [-0.1, -0.05) is 32.0 Å². The lowest BCUT2D eigenvalue weighted by molar-refractivity contribution is -0.120. The zero-order valence-electron chi connectivity index (χ0n) is 13.7. The number of hydrogen-bond acceptors (Lipinski definition) is 3. The Morgan fingerprint density at radius 2 is 1.83 bits per heavy atom. The Morgan fingerprint density at radius 3 is 2.35 bits per heavy atom. The van der Waals surface area contributed by atoms with Gasteiger partial charge in [-0.25, -0.2) is 0 Å². The number of benzene rings is 1. The Labute approximate surface area is 136 Å². The van der Waals surface area contributed by atoms with Crippen LogP contribution in [-0.2, 0) is 11.3 Å². The summed E-state index contributed by atoms with van der Waals surface area (Å²) in [6, 6.07) is 11.8.